The number of piperazine rings is 1. The van der Waals surface area contributed by atoms with E-state index in [9.17, 15) is 8.42 Å². The van der Waals surface area contributed by atoms with Crippen LogP contribution in [0.25, 0.3) is 0 Å². The van der Waals surface area contributed by atoms with Gasteiger partial charge in [-0.05, 0) is 31.0 Å². The number of rotatable bonds is 5. The van der Waals surface area contributed by atoms with Crippen molar-refractivity contribution in [3.05, 3.63) is 101 Å². The summed E-state index contributed by atoms with van der Waals surface area (Å²) in [5.41, 5.74) is 4.31. The minimum Gasteiger partial charge on any atom is -0.323 e. The highest BCUT2D eigenvalue weighted by Gasteiger charge is 2.35. The molecule has 30 heavy (non-hydrogen) atoms. The standard InChI is InChI=1S/C25H28N2O2S/c1-20-13-14-21(2)24(19-20)30(28,29)27-17-15-26(16-18-27)25(22-9-5-3-6-10-22)23-11-7-4-8-12-23/h3-14,19,25H,15-18H2,1-2H3/p+1. The Morgan fingerprint density at radius 2 is 1.33 bits per heavy atom. The first-order chi connectivity index (χ1) is 14.5. The van der Waals surface area contributed by atoms with E-state index in [-0.39, 0.29) is 6.04 Å². The van der Waals surface area contributed by atoms with E-state index in [4.69, 9.17) is 0 Å². The molecule has 0 saturated carbocycles. The van der Waals surface area contributed by atoms with Crippen molar-refractivity contribution in [3.63, 3.8) is 0 Å². The Morgan fingerprint density at radius 1 is 0.800 bits per heavy atom. The fourth-order valence-electron chi connectivity index (χ4n) is 4.38. The molecule has 1 aliphatic heterocycles. The lowest BCUT2D eigenvalue weighted by Gasteiger charge is -2.36. The molecule has 5 heteroatoms. The van der Waals surface area contributed by atoms with Gasteiger partial charge >= 0.3 is 0 Å². The fourth-order valence-corrected chi connectivity index (χ4v) is 6.13. The van der Waals surface area contributed by atoms with E-state index in [2.05, 4.69) is 48.5 Å². The average Bonchev–Trinajstić information content (AvgIpc) is 2.77. The van der Waals surface area contributed by atoms with Crippen LogP contribution in [0, 0.1) is 13.8 Å². The van der Waals surface area contributed by atoms with E-state index >= 15 is 0 Å². The van der Waals surface area contributed by atoms with E-state index in [1.807, 2.05) is 38.1 Å². The molecule has 0 atom stereocenters. The summed E-state index contributed by atoms with van der Waals surface area (Å²) in [6, 6.07) is 26.9. The molecule has 0 aromatic heterocycles. The third-order valence-electron chi connectivity index (χ3n) is 6.00. The Hall–Kier alpha value is -2.47. The largest absolute Gasteiger partial charge is 0.323 e. The van der Waals surface area contributed by atoms with Crippen molar-refractivity contribution in [1.82, 2.24) is 4.31 Å². The van der Waals surface area contributed by atoms with Crippen molar-refractivity contribution in [1.29, 1.82) is 0 Å². The van der Waals surface area contributed by atoms with Crippen molar-refractivity contribution in [2.45, 2.75) is 24.8 Å². The quantitative estimate of drug-likeness (QED) is 0.688. The van der Waals surface area contributed by atoms with Crippen LogP contribution in [0.5, 0.6) is 0 Å². The highest BCUT2D eigenvalue weighted by Crippen LogP contribution is 2.23. The van der Waals surface area contributed by atoms with E-state index in [0.29, 0.717) is 18.0 Å². The highest BCUT2D eigenvalue weighted by atomic mass is 32.2. The SMILES string of the molecule is Cc1ccc(C)c(S(=O)(=O)N2CC[NH+](C(c3ccccc3)c3ccccc3)CC2)c1. The second-order valence-corrected chi connectivity index (χ2v) is 9.99. The number of hydrogen-bond acceptors (Lipinski definition) is 2. The monoisotopic (exact) mass is 421 g/mol. The second-order valence-electron chi connectivity index (χ2n) is 8.09. The Balaban J connectivity index is 1.57. The molecule has 1 fully saturated rings. The minimum atomic E-state index is -3.47. The van der Waals surface area contributed by atoms with Gasteiger partial charge in [-0.15, -0.1) is 0 Å². The van der Waals surface area contributed by atoms with Gasteiger partial charge in [0.25, 0.3) is 0 Å². The number of nitrogens with one attached hydrogen (secondary N) is 1. The third kappa shape index (κ3) is 4.19. The van der Waals surface area contributed by atoms with Crippen molar-refractivity contribution in [2.24, 2.45) is 0 Å². The summed E-state index contributed by atoms with van der Waals surface area (Å²) in [7, 11) is -3.47. The van der Waals surface area contributed by atoms with Gasteiger partial charge in [0.05, 0.1) is 31.1 Å². The van der Waals surface area contributed by atoms with Gasteiger partial charge in [0.2, 0.25) is 10.0 Å². The number of nitrogens with zero attached hydrogens (tertiary/aromatic N) is 1. The van der Waals surface area contributed by atoms with Crippen molar-refractivity contribution in [2.75, 3.05) is 26.2 Å². The zero-order chi connectivity index (χ0) is 21.1. The van der Waals surface area contributed by atoms with Gasteiger partial charge in [-0.3, -0.25) is 0 Å². The van der Waals surface area contributed by atoms with Crippen molar-refractivity contribution < 1.29 is 13.3 Å². The van der Waals surface area contributed by atoms with Gasteiger partial charge < -0.3 is 4.90 Å². The molecule has 0 unspecified atom stereocenters. The second kappa shape index (κ2) is 8.72. The first kappa shape index (κ1) is 20.8. The summed E-state index contributed by atoms with van der Waals surface area (Å²) in [6.07, 6.45) is 0. The first-order valence-electron chi connectivity index (χ1n) is 10.5. The topological polar surface area (TPSA) is 41.8 Å². The van der Waals surface area contributed by atoms with Crippen LogP contribution in [0.4, 0.5) is 0 Å². The predicted molar refractivity (Wildman–Crippen MR) is 120 cm³/mol. The van der Waals surface area contributed by atoms with E-state index < -0.39 is 10.0 Å². The number of quaternary nitrogens is 1. The Kier molecular flexibility index (Phi) is 6.04. The zero-order valence-electron chi connectivity index (χ0n) is 17.6. The molecule has 1 saturated heterocycles. The normalized spacial score (nSPS) is 16.1. The van der Waals surface area contributed by atoms with Crippen LogP contribution >= 0.6 is 0 Å². The number of benzene rings is 3. The van der Waals surface area contributed by atoms with Crippen LogP contribution in [0.2, 0.25) is 0 Å². The molecule has 3 aromatic rings. The maximum absolute atomic E-state index is 13.3. The predicted octanol–water partition coefficient (Wildman–Crippen LogP) is 2.98. The Morgan fingerprint density at radius 3 is 1.87 bits per heavy atom. The summed E-state index contributed by atoms with van der Waals surface area (Å²) in [5.74, 6) is 0. The van der Waals surface area contributed by atoms with Gasteiger partial charge in [-0.25, -0.2) is 8.42 Å². The van der Waals surface area contributed by atoms with Gasteiger partial charge in [0.15, 0.2) is 0 Å². The third-order valence-corrected chi connectivity index (χ3v) is 8.04. The summed E-state index contributed by atoms with van der Waals surface area (Å²) in [5, 5.41) is 0. The number of sulfonamides is 1. The van der Waals surface area contributed by atoms with Crippen molar-refractivity contribution >= 4 is 10.0 Å². The maximum atomic E-state index is 13.3. The smallest absolute Gasteiger partial charge is 0.243 e. The molecule has 1 aliphatic rings. The summed E-state index contributed by atoms with van der Waals surface area (Å²) >= 11 is 0. The molecule has 4 nitrogen and oxygen atoms in total. The number of aryl methyl sites for hydroxylation is 2. The average molecular weight is 422 g/mol. The van der Waals surface area contributed by atoms with Crippen LogP contribution in [-0.4, -0.2) is 38.9 Å². The molecule has 156 valence electrons. The summed E-state index contributed by atoms with van der Waals surface area (Å²) < 4.78 is 28.2. The molecule has 0 radical (unpaired) electrons. The molecule has 0 amide bonds. The van der Waals surface area contributed by atoms with Crippen molar-refractivity contribution in [3.8, 4) is 0 Å². The van der Waals surface area contributed by atoms with E-state index in [0.717, 1.165) is 24.2 Å². The Bertz CT molecular complexity index is 1050. The molecule has 0 aliphatic carbocycles. The molecular formula is C25H29N2O2S+. The van der Waals surface area contributed by atoms with Crippen LogP contribution in [0.3, 0.4) is 0 Å². The van der Waals surface area contributed by atoms with Gasteiger partial charge in [0.1, 0.15) is 6.04 Å². The summed E-state index contributed by atoms with van der Waals surface area (Å²) in [4.78, 5) is 1.84. The van der Waals surface area contributed by atoms with Crippen LogP contribution in [0.15, 0.2) is 83.8 Å². The van der Waals surface area contributed by atoms with Gasteiger partial charge in [0, 0.05) is 11.1 Å². The molecule has 1 N–H and O–H groups in total. The number of hydrogen-bond donors (Lipinski definition) is 1. The lowest BCUT2D eigenvalue weighted by Crippen LogP contribution is -3.15. The minimum absolute atomic E-state index is 0.206. The molecule has 0 spiro atoms. The van der Waals surface area contributed by atoms with Gasteiger partial charge in [-0.1, -0.05) is 72.8 Å². The fraction of sp³-hybridized carbons (Fsp3) is 0.280. The zero-order valence-corrected chi connectivity index (χ0v) is 18.4. The molecular weight excluding hydrogens is 392 g/mol. The maximum Gasteiger partial charge on any atom is 0.243 e. The van der Waals surface area contributed by atoms with E-state index in [1.165, 1.54) is 16.0 Å². The molecule has 1 heterocycles. The lowest BCUT2D eigenvalue weighted by atomic mass is 9.96. The lowest BCUT2D eigenvalue weighted by molar-refractivity contribution is -0.929. The summed E-state index contributed by atoms with van der Waals surface area (Å²) in [6.45, 7) is 6.42. The van der Waals surface area contributed by atoms with E-state index in [1.54, 1.807) is 10.4 Å². The highest BCUT2D eigenvalue weighted by molar-refractivity contribution is 7.89. The molecule has 0 bridgehead atoms. The van der Waals surface area contributed by atoms with Crippen LogP contribution in [0.1, 0.15) is 28.3 Å². The Labute approximate surface area is 179 Å². The van der Waals surface area contributed by atoms with Crippen LogP contribution < -0.4 is 4.90 Å². The van der Waals surface area contributed by atoms with Gasteiger partial charge in [-0.2, -0.15) is 4.31 Å². The molecule has 3 aromatic carbocycles. The van der Waals surface area contributed by atoms with Crippen LogP contribution in [-0.2, 0) is 10.0 Å². The molecule has 4 rings (SSSR count). The first-order valence-corrected chi connectivity index (χ1v) is 11.9.